The summed E-state index contributed by atoms with van der Waals surface area (Å²) in [5, 5.41) is 12.7. The van der Waals surface area contributed by atoms with Crippen molar-refractivity contribution >= 4 is 29.1 Å². The van der Waals surface area contributed by atoms with Crippen molar-refractivity contribution in [2.45, 2.75) is 32.6 Å². The van der Waals surface area contributed by atoms with Crippen molar-refractivity contribution in [3.63, 3.8) is 0 Å². The number of piperidine rings is 1. The average Bonchev–Trinajstić information content (AvgIpc) is 2.74. The number of carbonyl (C=O) groups is 1. The Morgan fingerprint density at radius 1 is 1.27 bits per heavy atom. The molecule has 9 heteroatoms. The van der Waals surface area contributed by atoms with Crippen LogP contribution in [-0.4, -0.2) is 47.3 Å². The number of rotatable bonds is 9. The van der Waals surface area contributed by atoms with E-state index in [1.807, 2.05) is 25.1 Å². The van der Waals surface area contributed by atoms with E-state index < -0.39 is 5.97 Å². The summed E-state index contributed by atoms with van der Waals surface area (Å²) in [5.74, 6) is -0.00565. The van der Waals surface area contributed by atoms with E-state index in [-0.39, 0.29) is 17.7 Å². The van der Waals surface area contributed by atoms with Crippen LogP contribution in [0.3, 0.4) is 0 Å². The molecule has 2 aromatic rings. The Labute approximate surface area is 176 Å². The predicted octanol–water partition coefficient (Wildman–Crippen LogP) is 2.39. The fraction of sp³-hybridized carbons (Fsp3) is 0.476. The van der Waals surface area contributed by atoms with Crippen LogP contribution >= 0.6 is 0 Å². The summed E-state index contributed by atoms with van der Waals surface area (Å²) < 4.78 is 5.82. The van der Waals surface area contributed by atoms with Gasteiger partial charge < -0.3 is 31.5 Å². The zero-order valence-corrected chi connectivity index (χ0v) is 17.3. The van der Waals surface area contributed by atoms with E-state index in [0.717, 1.165) is 37.4 Å². The molecule has 30 heavy (non-hydrogen) atoms. The van der Waals surface area contributed by atoms with Gasteiger partial charge in [-0.15, -0.1) is 0 Å². The topological polar surface area (TPSA) is 140 Å². The van der Waals surface area contributed by atoms with Gasteiger partial charge in [0.15, 0.2) is 11.6 Å². The van der Waals surface area contributed by atoms with E-state index in [1.165, 1.54) is 0 Å². The van der Waals surface area contributed by atoms with Crippen LogP contribution in [0.15, 0.2) is 24.3 Å². The van der Waals surface area contributed by atoms with E-state index in [9.17, 15) is 9.90 Å². The second kappa shape index (κ2) is 10.00. The minimum absolute atomic E-state index is 0.155. The van der Waals surface area contributed by atoms with Gasteiger partial charge in [-0.1, -0.05) is 19.1 Å². The molecule has 1 aliphatic heterocycles. The predicted molar refractivity (Wildman–Crippen MR) is 118 cm³/mol. The zero-order valence-electron chi connectivity index (χ0n) is 17.3. The lowest BCUT2D eigenvalue weighted by Gasteiger charge is -2.33. The highest BCUT2D eigenvalue weighted by Crippen LogP contribution is 2.30. The Morgan fingerprint density at radius 3 is 2.70 bits per heavy atom. The van der Waals surface area contributed by atoms with Crippen molar-refractivity contribution in [2.24, 2.45) is 5.92 Å². The molecule has 1 saturated heterocycles. The molecule has 2 heterocycles. The van der Waals surface area contributed by atoms with Crippen LogP contribution in [0.2, 0.25) is 0 Å². The molecule has 0 spiro atoms. The van der Waals surface area contributed by atoms with E-state index in [0.29, 0.717) is 37.3 Å². The lowest BCUT2D eigenvalue weighted by atomic mass is 9.96. The number of anilines is 4. The van der Waals surface area contributed by atoms with Crippen LogP contribution in [0.25, 0.3) is 0 Å². The molecule has 0 atom stereocenters. The van der Waals surface area contributed by atoms with Crippen LogP contribution in [0.1, 0.15) is 31.9 Å². The summed E-state index contributed by atoms with van der Waals surface area (Å²) in [5.41, 5.74) is 14.4. The van der Waals surface area contributed by atoms with Gasteiger partial charge in [-0.05, 0) is 37.8 Å². The third-order valence-corrected chi connectivity index (χ3v) is 5.29. The highest BCUT2D eigenvalue weighted by molar-refractivity contribution is 5.72. The maximum atomic E-state index is 11.2. The average molecular weight is 415 g/mol. The quantitative estimate of drug-likeness (QED) is 0.455. The van der Waals surface area contributed by atoms with Crippen LogP contribution < -0.4 is 26.4 Å². The smallest absolute Gasteiger partial charge is 0.306 e. The first-order valence-corrected chi connectivity index (χ1v) is 10.3. The lowest BCUT2D eigenvalue weighted by Crippen LogP contribution is -2.36. The molecule has 6 N–H and O–H groups in total. The Hall–Kier alpha value is -3.23. The Kier molecular flexibility index (Phi) is 7.16. The number of nitrogen functional groups attached to an aromatic ring is 2. The molecule has 9 nitrogen and oxygen atoms in total. The normalized spacial score (nSPS) is 14.5. The van der Waals surface area contributed by atoms with Crippen molar-refractivity contribution in [3.8, 4) is 5.75 Å². The zero-order chi connectivity index (χ0) is 21.5. The molecule has 0 aliphatic carbocycles. The number of nitrogens with two attached hydrogens (primary N) is 2. The number of hydrogen-bond acceptors (Lipinski definition) is 8. The van der Waals surface area contributed by atoms with Crippen molar-refractivity contribution in [1.29, 1.82) is 0 Å². The van der Waals surface area contributed by atoms with Crippen LogP contribution in [-0.2, 0) is 11.2 Å². The molecule has 0 bridgehead atoms. The Balaban J connectivity index is 1.51. The molecule has 0 radical (unpaired) electrons. The van der Waals surface area contributed by atoms with Crippen molar-refractivity contribution in [2.75, 3.05) is 47.9 Å². The SMILES string of the molecule is CCc1nc(N)nc(N)c1OCCCNc1ccccc1N1CCC(C(=O)O)CC1. The molecule has 0 unspecified atom stereocenters. The molecule has 162 valence electrons. The first-order chi connectivity index (χ1) is 14.5. The first-order valence-electron chi connectivity index (χ1n) is 10.3. The van der Waals surface area contributed by atoms with Crippen LogP contribution in [0.5, 0.6) is 5.75 Å². The number of aliphatic carboxylic acids is 1. The highest BCUT2D eigenvalue weighted by Gasteiger charge is 2.25. The first kappa shape index (κ1) is 21.5. The van der Waals surface area contributed by atoms with Gasteiger partial charge in [0.25, 0.3) is 0 Å². The summed E-state index contributed by atoms with van der Waals surface area (Å²) in [7, 11) is 0. The summed E-state index contributed by atoms with van der Waals surface area (Å²) in [6.07, 6.45) is 2.77. The monoisotopic (exact) mass is 414 g/mol. The van der Waals surface area contributed by atoms with Gasteiger partial charge in [0.05, 0.1) is 29.6 Å². The number of hydrogen-bond donors (Lipinski definition) is 4. The summed E-state index contributed by atoms with van der Waals surface area (Å²) in [4.78, 5) is 21.6. The number of para-hydroxylation sites is 2. The molecule has 0 amide bonds. The van der Waals surface area contributed by atoms with E-state index in [4.69, 9.17) is 16.2 Å². The second-order valence-corrected chi connectivity index (χ2v) is 7.34. The number of benzene rings is 1. The lowest BCUT2D eigenvalue weighted by molar-refractivity contribution is -0.142. The van der Waals surface area contributed by atoms with E-state index >= 15 is 0 Å². The highest BCUT2D eigenvalue weighted by atomic mass is 16.5. The van der Waals surface area contributed by atoms with Gasteiger partial charge in [0, 0.05) is 19.6 Å². The van der Waals surface area contributed by atoms with Crippen molar-refractivity contribution < 1.29 is 14.6 Å². The number of nitrogens with one attached hydrogen (secondary N) is 1. The minimum Gasteiger partial charge on any atom is -0.488 e. The summed E-state index contributed by atoms with van der Waals surface area (Å²) in [6.45, 7) is 4.65. The number of nitrogens with zero attached hydrogens (tertiary/aromatic N) is 3. The molecule has 1 aliphatic rings. The maximum Gasteiger partial charge on any atom is 0.306 e. The molecule has 0 saturated carbocycles. The maximum absolute atomic E-state index is 11.2. The number of carboxylic acids is 1. The van der Waals surface area contributed by atoms with Crippen molar-refractivity contribution in [1.82, 2.24) is 9.97 Å². The van der Waals surface area contributed by atoms with Gasteiger partial charge in [0.1, 0.15) is 0 Å². The van der Waals surface area contributed by atoms with E-state index in [1.54, 1.807) is 0 Å². The molecular weight excluding hydrogens is 384 g/mol. The van der Waals surface area contributed by atoms with Crippen LogP contribution in [0, 0.1) is 5.92 Å². The molecule has 1 fully saturated rings. The third kappa shape index (κ3) is 5.22. The van der Waals surface area contributed by atoms with Crippen molar-refractivity contribution in [3.05, 3.63) is 30.0 Å². The number of aryl methyl sites for hydroxylation is 1. The Morgan fingerprint density at radius 2 is 2.00 bits per heavy atom. The van der Waals surface area contributed by atoms with Gasteiger partial charge in [-0.25, -0.2) is 4.98 Å². The second-order valence-electron chi connectivity index (χ2n) is 7.34. The van der Waals surface area contributed by atoms with Crippen LogP contribution in [0.4, 0.5) is 23.1 Å². The molecule has 1 aromatic heterocycles. The molecule has 1 aromatic carbocycles. The van der Waals surface area contributed by atoms with Gasteiger partial charge in [-0.3, -0.25) is 4.79 Å². The molecule has 3 rings (SSSR count). The van der Waals surface area contributed by atoms with Gasteiger partial charge in [0.2, 0.25) is 5.95 Å². The van der Waals surface area contributed by atoms with E-state index in [2.05, 4.69) is 26.3 Å². The van der Waals surface area contributed by atoms with Gasteiger partial charge >= 0.3 is 5.97 Å². The summed E-state index contributed by atoms with van der Waals surface area (Å²) >= 11 is 0. The fourth-order valence-corrected chi connectivity index (χ4v) is 3.67. The largest absolute Gasteiger partial charge is 0.488 e. The number of carboxylic acid groups (broad SMARTS) is 1. The summed E-state index contributed by atoms with van der Waals surface area (Å²) in [6, 6.07) is 8.11. The van der Waals surface area contributed by atoms with Gasteiger partial charge in [-0.2, -0.15) is 4.98 Å². The Bertz CT molecular complexity index is 868. The third-order valence-electron chi connectivity index (χ3n) is 5.29. The standard InChI is InChI=1S/C21H30N6O3/c1-2-15-18(19(22)26-21(23)25-15)30-13-5-10-24-16-6-3-4-7-17(16)27-11-8-14(9-12-27)20(28)29/h3-4,6-7,14,24H,2,5,8-13H2,1H3,(H,28,29)(H4,22,23,25,26). The number of ether oxygens (including phenoxy) is 1. The fourth-order valence-electron chi connectivity index (χ4n) is 3.67. The minimum atomic E-state index is -0.695. The number of aromatic nitrogens is 2. The molecular formula is C21H30N6O3.